The highest BCUT2D eigenvalue weighted by molar-refractivity contribution is 7.59. The number of aliphatic hydroxyl groups is 1. The number of hydrogen-bond acceptors (Lipinski definition) is 4. The second-order valence-electron chi connectivity index (χ2n) is 4.42. The van der Waals surface area contributed by atoms with Crippen LogP contribution in [0.2, 0.25) is 0 Å². The lowest BCUT2D eigenvalue weighted by atomic mass is 9.94. The number of hydrogen-bond donors (Lipinski definition) is 3. The van der Waals surface area contributed by atoms with E-state index < -0.39 is 11.6 Å². The lowest BCUT2D eigenvalue weighted by Crippen LogP contribution is -2.57. The van der Waals surface area contributed by atoms with Crippen LogP contribution in [0, 0.1) is 0 Å². The zero-order valence-corrected chi connectivity index (χ0v) is 10.6. The Morgan fingerprint density at radius 3 is 2.82 bits per heavy atom. The molecular formula is C10H19N3O3S. The molecule has 0 aromatic rings. The predicted molar refractivity (Wildman–Crippen MR) is 66.7 cm³/mol. The average Bonchev–Trinajstić information content (AvgIpc) is 2.86. The maximum atomic E-state index is 11.9. The molecule has 0 aromatic carbocycles. The first-order valence-electron chi connectivity index (χ1n) is 5.58. The zero-order valence-electron chi connectivity index (χ0n) is 9.61. The molecule has 0 saturated carbocycles. The van der Waals surface area contributed by atoms with Gasteiger partial charge in [0.05, 0.1) is 6.61 Å². The van der Waals surface area contributed by atoms with Gasteiger partial charge in [0.15, 0.2) is 0 Å². The van der Waals surface area contributed by atoms with Crippen molar-refractivity contribution in [3.63, 3.8) is 0 Å². The highest BCUT2D eigenvalue weighted by Gasteiger charge is 2.52. The highest BCUT2D eigenvalue weighted by Crippen LogP contribution is 2.35. The monoisotopic (exact) mass is 261 g/mol. The van der Waals surface area contributed by atoms with Crippen molar-refractivity contribution in [1.82, 2.24) is 10.2 Å². The van der Waals surface area contributed by atoms with Crippen LogP contribution in [0.1, 0.15) is 19.3 Å². The standard InChI is InChI=1S/C10H17N3O3.H2S/c11-7(6-14)8(15)13-5-1-2-10(13)3-4-12-9(10)16;/h7,14H,1-6,11H2,(H,12,16);1H2/t7-,10?;/m0./s1. The molecule has 2 atom stereocenters. The van der Waals surface area contributed by atoms with Crippen molar-refractivity contribution in [3.8, 4) is 0 Å². The number of amides is 2. The Morgan fingerprint density at radius 2 is 2.29 bits per heavy atom. The third-order valence-corrected chi connectivity index (χ3v) is 3.52. The fourth-order valence-electron chi connectivity index (χ4n) is 2.63. The van der Waals surface area contributed by atoms with Gasteiger partial charge in [0.2, 0.25) is 11.8 Å². The quantitative estimate of drug-likeness (QED) is 0.552. The molecule has 2 aliphatic heterocycles. The van der Waals surface area contributed by atoms with Gasteiger partial charge < -0.3 is 21.1 Å². The number of nitrogens with one attached hydrogen (secondary N) is 1. The van der Waals surface area contributed by atoms with Crippen LogP contribution in [0.25, 0.3) is 0 Å². The molecule has 0 radical (unpaired) electrons. The van der Waals surface area contributed by atoms with Crippen molar-refractivity contribution < 1.29 is 14.7 Å². The van der Waals surface area contributed by atoms with Gasteiger partial charge in [-0.15, -0.1) is 0 Å². The van der Waals surface area contributed by atoms with Crippen LogP contribution >= 0.6 is 13.5 Å². The van der Waals surface area contributed by atoms with Gasteiger partial charge in [0.25, 0.3) is 0 Å². The van der Waals surface area contributed by atoms with Crippen LogP contribution in [0.3, 0.4) is 0 Å². The van der Waals surface area contributed by atoms with E-state index in [2.05, 4.69) is 5.32 Å². The van der Waals surface area contributed by atoms with Gasteiger partial charge >= 0.3 is 0 Å². The van der Waals surface area contributed by atoms with E-state index in [0.29, 0.717) is 25.9 Å². The van der Waals surface area contributed by atoms with Crippen molar-refractivity contribution in [2.45, 2.75) is 30.8 Å². The minimum Gasteiger partial charge on any atom is -0.394 e. The summed E-state index contributed by atoms with van der Waals surface area (Å²) < 4.78 is 0. The zero-order chi connectivity index (χ0) is 11.8. The summed E-state index contributed by atoms with van der Waals surface area (Å²) in [5, 5.41) is 11.6. The van der Waals surface area contributed by atoms with Crippen molar-refractivity contribution in [2.24, 2.45) is 5.73 Å². The minimum absolute atomic E-state index is 0. The maximum Gasteiger partial charge on any atom is 0.246 e. The lowest BCUT2D eigenvalue weighted by molar-refractivity contribution is -0.144. The normalized spacial score (nSPS) is 29.1. The molecule has 2 heterocycles. The maximum absolute atomic E-state index is 11.9. The number of likely N-dealkylation sites (tertiary alicyclic amines) is 1. The molecule has 1 unspecified atom stereocenters. The summed E-state index contributed by atoms with van der Waals surface area (Å²) in [5.41, 5.74) is 4.83. The number of nitrogens with two attached hydrogens (primary N) is 1. The van der Waals surface area contributed by atoms with Crippen LogP contribution in [-0.2, 0) is 9.59 Å². The lowest BCUT2D eigenvalue weighted by Gasteiger charge is -2.33. The van der Waals surface area contributed by atoms with Gasteiger partial charge in [-0.2, -0.15) is 13.5 Å². The molecule has 0 aliphatic carbocycles. The Bertz CT molecular complexity index is 322. The van der Waals surface area contributed by atoms with Gasteiger partial charge in [0.1, 0.15) is 11.6 Å². The molecule has 7 heteroatoms. The van der Waals surface area contributed by atoms with E-state index in [4.69, 9.17) is 10.8 Å². The fourth-order valence-corrected chi connectivity index (χ4v) is 2.63. The summed E-state index contributed by atoms with van der Waals surface area (Å²) >= 11 is 0. The highest BCUT2D eigenvalue weighted by atomic mass is 32.1. The Labute approximate surface area is 107 Å². The summed E-state index contributed by atoms with van der Waals surface area (Å²) in [6, 6.07) is -0.914. The second-order valence-corrected chi connectivity index (χ2v) is 4.42. The Hall–Kier alpha value is -0.790. The van der Waals surface area contributed by atoms with E-state index in [0.717, 1.165) is 6.42 Å². The third kappa shape index (κ3) is 2.14. The largest absolute Gasteiger partial charge is 0.394 e. The Morgan fingerprint density at radius 1 is 1.59 bits per heavy atom. The minimum atomic E-state index is -0.914. The molecular weight excluding hydrogens is 242 g/mol. The molecule has 2 rings (SSSR count). The first kappa shape index (κ1) is 14.3. The molecule has 0 bridgehead atoms. The summed E-state index contributed by atoms with van der Waals surface area (Å²) in [6.45, 7) is 0.782. The predicted octanol–water partition coefficient (Wildman–Crippen LogP) is -1.70. The van der Waals surface area contributed by atoms with Crippen molar-refractivity contribution in [2.75, 3.05) is 19.7 Å². The number of nitrogens with zero attached hydrogens (tertiary/aromatic N) is 1. The van der Waals surface area contributed by atoms with Crippen molar-refractivity contribution >= 4 is 25.3 Å². The first-order valence-corrected chi connectivity index (χ1v) is 5.58. The Balaban J connectivity index is 0.00000144. The van der Waals surface area contributed by atoms with Crippen LogP contribution in [-0.4, -0.2) is 53.1 Å². The molecule has 0 aromatic heterocycles. The molecule has 98 valence electrons. The van der Waals surface area contributed by atoms with Gasteiger partial charge in [-0.25, -0.2) is 0 Å². The molecule has 2 saturated heterocycles. The number of rotatable bonds is 2. The molecule has 17 heavy (non-hydrogen) atoms. The van der Waals surface area contributed by atoms with Gasteiger partial charge in [-0.1, -0.05) is 0 Å². The molecule has 4 N–H and O–H groups in total. The fraction of sp³-hybridized carbons (Fsp3) is 0.800. The third-order valence-electron chi connectivity index (χ3n) is 3.52. The molecule has 2 aliphatic rings. The van der Waals surface area contributed by atoms with E-state index in [1.165, 1.54) is 0 Å². The van der Waals surface area contributed by atoms with Crippen molar-refractivity contribution in [1.29, 1.82) is 0 Å². The van der Waals surface area contributed by atoms with Crippen LogP contribution in [0.4, 0.5) is 0 Å². The SMILES string of the molecule is N[C@@H](CO)C(=O)N1CCCC12CCNC2=O.S. The molecule has 1 spiro atoms. The topological polar surface area (TPSA) is 95.7 Å². The van der Waals surface area contributed by atoms with Crippen LogP contribution in [0.15, 0.2) is 0 Å². The van der Waals surface area contributed by atoms with E-state index >= 15 is 0 Å². The van der Waals surface area contributed by atoms with E-state index in [1.807, 2.05) is 0 Å². The van der Waals surface area contributed by atoms with E-state index in [9.17, 15) is 9.59 Å². The molecule has 2 fully saturated rings. The summed E-state index contributed by atoms with van der Waals surface area (Å²) in [6.07, 6.45) is 2.16. The number of carbonyl (C=O) groups is 2. The van der Waals surface area contributed by atoms with Crippen LogP contribution < -0.4 is 11.1 Å². The summed E-state index contributed by atoms with van der Waals surface area (Å²) in [5.74, 6) is -0.402. The summed E-state index contributed by atoms with van der Waals surface area (Å²) in [7, 11) is 0. The van der Waals surface area contributed by atoms with Crippen molar-refractivity contribution in [3.05, 3.63) is 0 Å². The molecule has 2 amide bonds. The number of carbonyl (C=O) groups excluding carboxylic acids is 2. The smallest absolute Gasteiger partial charge is 0.246 e. The second kappa shape index (κ2) is 5.24. The first-order chi connectivity index (χ1) is 7.62. The average molecular weight is 261 g/mol. The molecule has 6 nitrogen and oxygen atoms in total. The van der Waals surface area contributed by atoms with E-state index in [-0.39, 0.29) is 31.9 Å². The van der Waals surface area contributed by atoms with Gasteiger partial charge in [-0.05, 0) is 19.3 Å². The Kier molecular flexibility index (Phi) is 4.40. The van der Waals surface area contributed by atoms with Gasteiger partial charge in [0, 0.05) is 13.1 Å². The number of aliphatic hydroxyl groups excluding tert-OH is 1. The van der Waals surface area contributed by atoms with E-state index in [1.54, 1.807) is 4.90 Å². The summed E-state index contributed by atoms with van der Waals surface area (Å²) in [4.78, 5) is 25.3. The van der Waals surface area contributed by atoms with Crippen LogP contribution in [0.5, 0.6) is 0 Å². The van der Waals surface area contributed by atoms with Gasteiger partial charge in [-0.3, -0.25) is 9.59 Å².